The molecule has 0 unspecified atom stereocenters. The van der Waals surface area contributed by atoms with Gasteiger partial charge in [0, 0.05) is 5.56 Å². The number of hydrogen-bond donors (Lipinski definition) is 2. The lowest BCUT2D eigenvalue weighted by Crippen LogP contribution is -2.35. The van der Waals surface area contributed by atoms with E-state index in [0.29, 0.717) is 12.0 Å². The van der Waals surface area contributed by atoms with Crippen LogP contribution in [-0.2, 0) is 19.7 Å². The highest BCUT2D eigenvalue weighted by Gasteiger charge is 2.31. The van der Waals surface area contributed by atoms with E-state index in [4.69, 9.17) is 0 Å². The molecule has 0 fully saturated rings. The van der Waals surface area contributed by atoms with Crippen molar-refractivity contribution >= 4 is 21.8 Å². The second kappa shape index (κ2) is 6.23. The van der Waals surface area contributed by atoms with Crippen LogP contribution >= 0.6 is 0 Å². The molecule has 0 saturated carbocycles. The molecule has 1 aliphatic heterocycles. The summed E-state index contributed by atoms with van der Waals surface area (Å²) in [5.74, 6) is -0.217. The summed E-state index contributed by atoms with van der Waals surface area (Å²) in [6, 6.07) is 5.81. The highest BCUT2D eigenvalue weighted by molar-refractivity contribution is 7.90. The van der Waals surface area contributed by atoms with Crippen LogP contribution in [0.2, 0.25) is 0 Å². The summed E-state index contributed by atoms with van der Waals surface area (Å²) < 4.78 is 26.3. The maximum absolute atomic E-state index is 12.0. The number of aliphatic imine (C=N–C) groups is 1. The van der Waals surface area contributed by atoms with E-state index in [9.17, 15) is 13.2 Å². The van der Waals surface area contributed by atoms with E-state index < -0.39 is 22.0 Å². The Kier molecular flexibility index (Phi) is 4.59. The summed E-state index contributed by atoms with van der Waals surface area (Å²) in [6.45, 7) is 1.92. The Hall–Kier alpha value is -1.93. The number of amidine groups is 1. The van der Waals surface area contributed by atoms with Crippen LogP contribution in [0, 0.1) is 0 Å². The maximum atomic E-state index is 12.0. The lowest BCUT2D eigenvalue weighted by molar-refractivity contribution is -0.132. The SMILES string of the molecule is CCC[C@@H](N=C1NS(=O)(=O)c2ccccc21)C(=O)NOC. The van der Waals surface area contributed by atoms with Gasteiger partial charge in [-0.2, -0.15) is 0 Å². The van der Waals surface area contributed by atoms with Crippen molar-refractivity contribution in [3.05, 3.63) is 29.8 Å². The van der Waals surface area contributed by atoms with E-state index in [1.807, 2.05) is 6.92 Å². The largest absolute Gasteiger partial charge is 0.277 e. The Bertz CT molecular complexity index is 670. The van der Waals surface area contributed by atoms with Crippen LogP contribution < -0.4 is 10.2 Å². The average Bonchev–Trinajstić information content (AvgIpc) is 2.71. The summed E-state index contributed by atoms with van der Waals surface area (Å²) in [5, 5.41) is 0. The van der Waals surface area contributed by atoms with Crippen molar-refractivity contribution in [2.75, 3.05) is 7.11 Å². The molecule has 8 heteroatoms. The van der Waals surface area contributed by atoms with Crippen LogP contribution in [0.4, 0.5) is 0 Å². The number of nitrogens with zero attached hydrogens (tertiary/aromatic N) is 1. The molecule has 0 aromatic heterocycles. The van der Waals surface area contributed by atoms with E-state index in [1.54, 1.807) is 18.2 Å². The van der Waals surface area contributed by atoms with Gasteiger partial charge in [-0.1, -0.05) is 25.5 Å². The van der Waals surface area contributed by atoms with Gasteiger partial charge in [0.1, 0.15) is 11.9 Å². The van der Waals surface area contributed by atoms with E-state index in [2.05, 4.69) is 20.0 Å². The van der Waals surface area contributed by atoms with Gasteiger partial charge >= 0.3 is 0 Å². The number of rotatable bonds is 5. The first kappa shape index (κ1) is 15.5. The summed E-state index contributed by atoms with van der Waals surface area (Å²) >= 11 is 0. The predicted molar refractivity (Wildman–Crippen MR) is 77.1 cm³/mol. The van der Waals surface area contributed by atoms with Gasteiger partial charge in [-0.15, -0.1) is 0 Å². The normalized spacial score (nSPS) is 18.9. The highest BCUT2D eigenvalue weighted by Crippen LogP contribution is 2.23. The summed E-state index contributed by atoms with van der Waals surface area (Å²) in [6.07, 6.45) is 1.22. The third-order valence-electron chi connectivity index (χ3n) is 3.02. The summed E-state index contributed by atoms with van der Waals surface area (Å²) in [4.78, 5) is 20.9. The fraction of sp³-hybridized carbons (Fsp3) is 0.385. The van der Waals surface area contributed by atoms with Crippen LogP contribution in [0.3, 0.4) is 0 Å². The fourth-order valence-corrected chi connectivity index (χ4v) is 3.32. The molecule has 0 aliphatic carbocycles. The second-order valence-corrected chi connectivity index (χ2v) is 6.21. The topological polar surface area (TPSA) is 96.9 Å². The molecule has 1 aromatic carbocycles. The van der Waals surface area contributed by atoms with Crippen LogP contribution in [0.5, 0.6) is 0 Å². The number of hydrogen-bond acceptors (Lipinski definition) is 5. The number of amides is 1. The highest BCUT2D eigenvalue weighted by atomic mass is 32.2. The fourth-order valence-electron chi connectivity index (χ4n) is 2.08. The van der Waals surface area contributed by atoms with E-state index in [1.165, 1.54) is 13.2 Å². The monoisotopic (exact) mass is 311 g/mol. The molecule has 0 saturated heterocycles. The van der Waals surface area contributed by atoms with Gasteiger partial charge in [0.2, 0.25) is 0 Å². The van der Waals surface area contributed by atoms with Crippen LogP contribution in [0.15, 0.2) is 34.2 Å². The number of hydroxylamine groups is 1. The number of sulfonamides is 1. The molecule has 1 heterocycles. The molecule has 0 spiro atoms. The Morgan fingerprint density at radius 3 is 2.81 bits per heavy atom. The van der Waals surface area contributed by atoms with Gasteiger partial charge in [0.05, 0.1) is 12.0 Å². The van der Waals surface area contributed by atoms with E-state index >= 15 is 0 Å². The van der Waals surface area contributed by atoms with Crippen molar-refractivity contribution in [3.8, 4) is 0 Å². The van der Waals surface area contributed by atoms with Gasteiger partial charge in [0.15, 0.2) is 0 Å². The first-order chi connectivity index (χ1) is 9.99. The Balaban J connectivity index is 2.38. The molecule has 21 heavy (non-hydrogen) atoms. The number of nitrogens with one attached hydrogen (secondary N) is 2. The van der Waals surface area contributed by atoms with Crippen LogP contribution in [0.1, 0.15) is 25.3 Å². The Morgan fingerprint density at radius 1 is 1.43 bits per heavy atom. The summed E-state index contributed by atoms with van der Waals surface area (Å²) in [5.41, 5.74) is 2.70. The number of carbonyl (C=O) groups excluding carboxylic acids is 1. The first-order valence-corrected chi connectivity index (χ1v) is 8.00. The van der Waals surface area contributed by atoms with Crippen molar-refractivity contribution in [2.24, 2.45) is 4.99 Å². The Labute approximate surface area is 123 Å². The molecular formula is C13H17N3O4S. The zero-order valence-electron chi connectivity index (χ0n) is 11.8. The van der Waals surface area contributed by atoms with Crippen LogP contribution in [-0.4, -0.2) is 33.3 Å². The van der Waals surface area contributed by atoms with E-state index in [-0.39, 0.29) is 10.7 Å². The zero-order chi connectivity index (χ0) is 15.5. The smallest absolute Gasteiger partial charge is 0.268 e. The maximum Gasteiger partial charge on any atom is 0.268 e. The number of benzene rings is 1. The van der Waals surface area contributed by atoms with Gasteiger partial charge in [-0.25, -0.2) is 13.9 Å². The first-order valence-electron chi connectivity index (χ1n) is 6.52. The second-order valence-electron chi connectivity index (χ2n) is 4.55. The molecule has 2 N–H and O–H groups in total. The van der Waals surface area contributed by atoms with Crippen LogP contribution in [0.25, 0.3) is 0 Å². The van der Waals surface area contributed by atoms with E-state index in [0.717, 1.165) is 6.42 Å². The number of fused-ring (bicyclic) bond motifs is 1. The molecule has 1 aliphatic rings. The quantitative estimate of drug-likeness (QED) is 0.777. The standard InChI is InChI=1S/C13H17N3O4S/c1-3-6-10(13(17)15-20-2)14-12-9-7-4-5-8-11(9)21(18,19)16-12/h4-5,7-8,10H,3,6H2,1-2H3,(H,14,16)(H,15,17)/t10-/m1/s1. The molecule has 7 nitrogen and oxygen atoms in total. The molecule has 1 amide bonds. The van der Waals surface area contributed by atoms with Crippen molar-refractivity contribution in [1.82, 2.24) is 10.2 Å². The number of carbonyl (C=O) groups is 1. The minimum atomic E-state index is -3.60. The molecule has 1 aromatic rings. The van der Waals surface area contributed by atoms with Crippen molar-refractivity contribution in [2.45, 2.75) is 30.7 Å². The summed E-state index contributed by atoms with van der Waals surface area (Å²) in [7, 11) is -2.26. The molecule has 1 atom stereocenters. The predicted octanol–water partition coefficient (Wildman–Crippen LogP) is 0.571. The van der Waals surface area contributed by atoms with Crippen molar-refractivity contribution in [3.63, 3.8) is 0 Å². The van der Waals surface area contributed by atoms with Gasteiger partial charge in [-0.3, -0.25) is 19.3 Å². The lowest BCUT2D eigenvalue weighted by atomic mass is 10.1. The van der Waals surface area contributed by atoms with Crippen molar-refractivity contribution in [1.29, 1.82) is 0 Å². The third kappa shape index (κ3) is 3.22. The lowest BCUT2D eigenvalue weighted by Gasteiger charge is -2.11. The third-order valence-corrected chi connectivity index (χ3v) is 4.41. The Morgan fingerprint density at radius 2 is 2.14 bits per heavy atom. The zero-order valence-corrected chi connectivity index (χ0v) is 12.6. The van der Waals surface area contributed by atoms with Gasteiger partial charge in [-0.05, 0) is 18.6 Å². The molecule has 0 bridgehead atoms. The average molecular weight is 311 g/mol. The van der Waals surface area contributed by atoms with Crippen molar-refractivity contribution < 1.29 is 18.0 Å². The van der Waals surface area contributed by atoms with Gasteiger partial charge in [0.25, 0.3) is 15.9 Å². The minimum Gasteiger partial charge on any atom is -0.277 e. The van der Waals surface area contributed by atoms with Gasteiger partial charge < -0.3 is 0 Å². The minimum absolute atomic E-state index is 0.172. The molecule has 114 valence electrons. The molecule has 0 radical (unpaired) electrons. The molecule has 2 rings (SSSR count). The molecular weight excluding hydrogens is 294 g/mol.